The highest BCUT2D eigenvalue weighted by Gasteiger charge is 2.14. The molecule has 0 unspecified atom stereocenters. The Labute approximate surface area is 252 Å². The van der Waals surface area contributed by atoms with Crippen molar-refractivity contribution in [3.8, 4) is 11.4 Å². The fraction of sp³-hybridized carbons (Fsp3) is 0.237. The summed E-state index contributed by atoms with van der Waals surface area (Å²) in [5, 5.41) is 8.45. The highest BCUT2D eigenvalue weighted by molar-refractivity contribution is 6.13. The summed E-state index contributed by atoms with van der Waals surface area (Å²) in [5.41, 5.74) is 10.1. The number of aromatic nitrogens is 5. The molecule has 3 aromatic heterocycles. The smallest absolute Gasteiger partial charge is 0.158 e. The Hall–Kier alpha value is -4.77. The second kappa shape index (κ2) is 11.5. The van der Waals surface area contributed by atoms with E-state index < -0.39 is 0 Å². The average molecular weight is 564 g/mol. The van der Waals surface area contributed by atoms with Gasteiger partial charge in [0.15, 0.2) is 11.6 Å². The number of benzene rings is 4. The highest BCUT2D eigenvalue weighted by Crippen LogP contribution is 2.33. The minimum Gasteiger partial charge on any atom is -0.299 e. The normalized spacial score (nSPS) is 11.7. The molecule has 0 N–H and O–H groups in total. The molecule has 43 heavy (non-hydrogen) atoms. The molecular formula is C38H37N5. The first kappa shape index (κ1) is 27.1. The van der Waals surface area contributed by atoms with Crippen molar-refractivity contribution in [2.45, 2.75) is 52.4 Å². The quantitative estimate of drug-likeness (QED) is 0.166. The molecule has 5 heteroatoms. The number of fused-ring (bicyclic) bond motifs is 6. The maximum absolute atomic E-state index is 4.77. The first-order chi connectivity index (χ1) is 21.1. The van der Waals surface area contributed by atoms with Crippen molar-refractivity contribution in [1.82, 2.24) is 24.1 Å². The lowest BCUT2D eigenvalue weighted by Crippen LogP contribution is -1.98. The molecule has 0 fully saturated rings. The molecule has 0 bridgehead atoms. The van der Waals surface area contributed by atoms with Crippen LogP contribution in [0.5, 0.6) is 0 Å². The number of rotatable bonds is 9. The molecule has 5 nitrogen and oxygen atoms in total. The number of para-hydroxylation sites is 1. The first-order valence-corrected chi connectivity index (χ1v) is 15.4. The molecule has 0 radical (unpaired) electrons. The van der Waals surface area contributed by atoms with Crippen molar-refractivity contribution in [3.63, 3.8) is 0 Å². The summed E-state index contributed by atoms with van der Waals surface area (Å²) in [6.45, 7) is 4.35. The molecule has 0 aliphatic carbocycles. The number of nitrogens with zero attached hydrogens (tertiary/aromatic N) is 5. The molecule has 0 spiro atoms. The molecule has 0 saturated heterocycles. The van der Waals surface area contributed by atoms with Gasteiger partial charge in [-0.1, -0.05) is 85.8 Å². The van der Waals surface area contributed by atoms with Gasteiger partial charge in [0.25, 0.3) is 0 Å². The van der Waals surface area contributed by atoms with Gasteiger partial charge in [-0.15, -0.1) is 0 Å². The van der Waals surface area contributed by atoms with E-state index in [0.29, 0.717) is 0 Å². The summed E-state index contributed by atoms with van der Waals surface area (Å²) < 4.78 is 4.15. The van der Waals surface area contributed by atoms with Crippen LogP contribution in [0.3, 0.4) is 0 Å². The van der Waals surface area contributed by atoms with Crippen LogP contribution < -0.4 is 0 Å². The van der Waals surface area contributed by atoms with Gasteiger partial charge < -0.3 is 0 Å². The number of pyridine rings is 1. The van der Waals surface area contributed by atoms with Gasteiger partial charge in [-0.05, 0) is 78.3 Å². The van der Waals surface area contributed by atoms with Crippen LogP contribution in [-0.4, -0.2) is 24.1 Å². The predicted molar refractivity (Wildman–Crippen MR) is 177 cm³/mol. The van der Waals surface area contributed by atoms with E-state index >= 15 is 0 Å². The summed E-state index contributed by atoms with van der Waals surface area (Å²) in [5.74, 6) is 1.86. The maximum atomic E-state index is 4.77. The van der Waals surface area contributed by atoms with Gasteiger partial charge in [-0.2, -0.15) is 5.10 Å². The second-order valence-corrected chi connectivity index (χ2v) is 11.7. The summed E-state index contributed by atoms with van der Waals surface area (Å²) in [4.78, 5) is 9.51. The van der Waals surface area contributed by atoms with Crippen LogP contribution in [-0.2, 0) is 39.2 Å². The minimum absolute atomic E-state index is 0.914. The van der Waals surface area contributed by atoms with Gasteiger partial charge in [0.2, 0.25) is 0 Å². The lowest BCUT2D eigenvalue weighted by atomic mass is 9.94. The van der Waals surface area contributed by atoms with E-state index in [1.165, 1.54) is 49.5 Å². The topological polar surface area (TPSA) is 48.0 Å². The molecule has 214 valence electrons. The van der Waals surface area contributed by atoms with E-state index in [0.717, 1.165) is 61.4 Å². The molecule has 0 aliphatic heterocycles. The van der Waals surface area contributed by atoms with Crippen molar-refractivity contribution >= 4 is 27.3 Å². The molecule has 0 aliphatic rings. The van der Waals surface area contributed by atoms with E-state index in [2.05, 4.69) is 114 Å². The van der Waals surface area contributed by atoms with Crippen molar-refractivity contribution in [3.05, 3.63) is 131 Å². The predicted octanol–water partition coefficient (Wildman–Crippen LogP) is 8.27. The van der Waals surface area contributed by atoms with Crippen LogP contribution in [0, 0.1) is 6.92 Å². The van der Waals surface area contributed by atoms with Gasteiger partial charge in [-0.25, -0.2) is 14.6 Å². The largest absolute Gasteiger partial charge is 0.299 e. The van der Waals surface area contributed by atoms with Crippen molar-refractivity contribution in [2.24, 2.45) is 7.05 Å². The fourth-order valence-corrected chi connectivity index (χ4v) is 6.50. The monoisotopic (exact) mass is 563 g/mol. The first-order valence-electron chi connectivity index (χ1n) is 15.4. The zero-order valence-corrected chi connectivity index (χ0v) is 25.2. The molecule has 4 aromatic carbocycles. The minimum atomic E-state index is 0.914. The molecular weight excluding hydrogens is 526 g/mol. The van der Waals surface area contributed by atoms with Crippen LogP contribution in [0.2, 0.25) is 0 Å². The van der Waals surface area contributed by atoms with E-state index in [1.54, 1.807) is 0 Å². The van der Waals surface area contributed by atoms with E-state index in [4.69, 9.17) is 9.97 Å². The average Bonchev–Trinajstić information content (AvgIpc) is 3.67. The zero-order valence-electron chi connectivity index (χ0n) is 25.2. The Balaban J connectivity index is 1.06. The van der Waals surface area contributed by atoms with Gasteiger partial charge in [0, 0.05) is 42.2 Å². The third-order valence-corrected chi connectivity index (χ3v) is 8.65. The Kier molecular flexibility index (Phi) is 7.23. The molecule has 0 amide bonds. The third kappa shape index (κ3) is 5.20. The molecule has 7 aromatic rings. The number of aryl methyl sites for hydroxylation is 7. The molecule has 7 rings (SSSR count). The van der Waals surface area contributed by atoms with Crippen LogP contribution in [0.4, 0.5) is 0 Å². The fourth-order valence-electron chi connectivity index (χ4n) is 6.50. The van der Waals surface area contributed by atoms with E-state index in [-0.39, 0.29) is 0 Å². The van der Waals surface area contributed by atoms with Crippen molar-refractivity contribution < 1.29 is 0 Å². The summed E-state index contributed by atoms with van der Waals surface area (Å²) in [7, 11) is 1.98. The zero-order chi connectivity index (χ0) is 29.3. The Morgan fingerprint density at radius 1 is 0.721 bits per heavy atom. The lowest BCUT2D eigenvalue weighted by molar-refractivity contribution is 0.737. The lowest BCUT2D eigenvalue weighted by Gasteiger charge is -2.14. The summed E-state index contributed by atoms with van der Waals surface area (Å²) in [6, 6.07) is 31.3. The number of imidazole rings is 1. The molecule has 0 atom stereocenters. The molecule has 3 heterocycles. The van der Waals surface area contributed by atoms with Crippen LogP contribution in [0.25, 0.3) is 38.7 Å². The van der Waals surface area contributed by atoms with Gasteiger partial charge in [0.05, 0.1) is 5.52 Å². The standard InChI is InChI=1S/C38H37N5/c1-4-8-34-40-37(42(3)41-34)31-12-6-10-29(25-31)20-19-27-15-17-28(18-16-27)21-22-30-11-7-14-33-35(30)32-13-5-9-26(2)36(32)43-24-23-39-38(33)43/h5-7,9-18,23-25H,4,8,19-22H2,1-3H3. The SMILES string of the molecule is CCCc1nc(-c2cccc(CCc3ccc(CCc4cccc5c4c4cccc(C)c4n4ccnc54)cc3)c2)n(C)n1. The molecule has 0 saturated carbocycles. The number of hydrogen-bond donors (Lipinski definition) is 0. The van der Waals surface area contributed by atoms with E-state index in [9.17, 15) is 0 Å². The van der Waals surface area contributed by atoms with Gasteiger partial charge in [0.1, 0.15) is 5.65 Å². The van der Waals surface area contributed by atoms with Gasteiger partial charge >= 0.3 is 0 Å². The van der Waals surface area contributed by atoms with Crippen LogP contribution >= 0.6 is 0 Å². The Bertz CT molecular complexity index is 2060. The Morgan fingerprint density at radius 2 is 1.44 bits per heavy atom. The summed E-state index contributed by atoms with van der Waals surface area (Å²) in [6.07, 6.45) is 9.96. The summed E-state index contributed by atoms with van der Waals surface area (Å²) >= 11 is 0. The number of hydrogen-bond acceptors (Lipinski definition) is 3. The second-order valence-electron chi connectivity index (χ2n) is 11.7. The Morgan fingerprint density at radius 3 is 2.26 bits per heavy atom. The highest BCUT2D eigenvalue weighted by atomic mass is 15.3. The van der Waals surface area contributed by atoms with Crippen LogP contribution in [0.1, 0.15) is 47.0 Å². The van der Waals surface area contributed by atoms with Crippen LogP contribution in [0.15, 0.2) is 97.3 Å². The van der Waals surface area contributed by atoms with Crippen molar-refractivity contribution in [1.29, 1.82) is 0 Å². The van der Waals surface area contributed by atoms with Gasteiger partial charge in [-0.3, -0.25) is 4.40 Å². The van der Waals surface area contributed by atoms with E-state index in [1.807, 2.05) is 17.9 Å². The third-order valence-electron chi connectivity index (χ3n) is 8.65. The maximum Gasteiger partial charge on any atom is 0.158 e. The van der Waals surface area contributed by atoms with Crippen molar-refractivity contribution in [2.75, 3.05) is 0 Å².